The molecule has 0 fully saturated rings. The molecule has 2 amide bonds. The lowest BCUT2D eigenvalue weighted by Gasteiger charge is -2.02. The van der Waals surface area contributed by atoms with E-state index in [4.69, 9.17) is 11.5 Å². The molecular weight excluding hydrogens is 312 g/mol. The van der Waals surface area contributed by atoms with Crippen LogP contribution in [0.3, 0.4) is 0 Å². The van der Waals surface area contributed by atoms with Crippen LogP contribution in [0, 0.1) is 0 Å². The molecule has 0 aliphatic rings. The first-order chi connectivity index (χ1) is 11.6. The molecule has 10 heteroatoms. The number of nitrogens with two attached hydrogens (primary N) is 2. The third kappa shape index (κ3) is 4.59. The van der Waals surface area contributed by atoms with Crippen molar-refractivity contribution >= 4 is 23.5 Å². The van der Waals surface area contributed by atoms with E-state index in [1.807, 2.05) is 10.9 Å². The van der Waals surface area contributed by atoms with Gasteiger partial charge in [0.15, 0.2) is 11.7 Å². The molecule has 0 aliphatic carbocycles. The molecule has 0 atom stereocenters. The third-order valence-electron chi connectivity index (χ3n) is 2.62. The molecule has 0 saturated carbocycles. The van der Waals surface area contributed by atoms with Crippen LogP contribution < -0.4 is 22.3 Å². The first-order valence-corrected chi connectivity index (χ1v) is 6.67. The van der Waals surface area contributed by atoms with Gasteiger partial charge in [-0.1, -0.05) is 12.1 Å². The van der Waals surface area contributed by atoms with Gasteiger partial charge in [0.2, 0.25) is 0 Å². The van der Waals surface area contributed by atoms with Gasteiger partial charge in [-0.2, -0.15) is 10.2 Å². The molecule has 122 valence electrons. The average molecular weight is 326 g/mol. The summed E-state index contributed by atoms with van der Waals surface area (Å²) in [6.45, 7) is 0. The minimum Gasteiger partial charge on any atom is -0.380 e. The summed E-state index contributed by atoms with van der Waals surface area (Å²) in [6, 6.07) is 10.0. The van der Waals surface area contributed by atoms with E-state index in [1.165, 1.54) is 12.4 Å². The summed E-state index contributed by atoms with van der Waals surface area (Å²) in [4.78, 5) is 31.1. The van der Waals surface area contributed by atoms with Crippen LogP contribution in [0.4, 0.5) is 0 Å². The molecule has 6 N–H and O–H groups in total. The smallest absolute Gasteiger partial charge is 0.331 e. The number of hydrogen-bond acceptors (Lipinski definition) is 6. The zero-order valence-corrected chi connectivity index (χ0v) is 12.4. The third-order valence-corrected chi connectivity index (χ3v) is 2.62. The zero-order chi connectivity index (χ0) is 17.4. The molecule has 2 aromatic heterocycles. The van der Waals surface area contributed by atoms with Crippen molar-refractivity contribution in [3.63, 3.8) is 0 Å². The van der Waals surface area contributed by atoms with Crippen molar-refractivity contribution in [2.45, 2.75) is 0 Å². The van der Waals surface area contributed by atoms with Crippen LogP contribution in [0.2, 0.25) is 0 Å². The van der Waals surface area contributed by atoms with Gasteiger partial charge in [-0.05, 0) is 24.3 Å². The molecule has 0 aromatic carbocycles. The first kappa shape index (κ1) is 16.5. The zero-order valence-electron chi connectivity index (χ0n) is 12.4. The highest BCUT2D eigenvalue weighted by molar-refractivity contribution is 6.35. The van der Waals surface area contributed by atoms with E-state index in [0.717, 1.165) is 0 Å². The largest absolute Gasteiger partial charge is 0.380 e. The number of aromatic nitrogens is 2. The number of amides is 2. The molecule has 0 radical (unpaired) electrons. The Morgan fingerprint density at radius 2 is 1.21 bits per heavy atom. The Balaban J connectivity index is 1.92. The van der Waals surface area contributed by atoms with Gasteiger partial charge in [0.1, 0.15) is 11.4 Å². The van der Waals surface area contributed by atoms with E-state index in [-0.39, 0.29) is 11.7 Å². The van der Waals surface area contributed by atoms with Crippen LogP contribution in [-0.4, -0.2) is 33.5 Å². The lowest BCUT2D eigenvalue weighted by Crippen LogP contribution is -2.37. The summed E-state index contributed by atoms with van der Waals surface area (Å²) in [7, 11) is 0. The second-order valence-corrected chi connectivity index (χ2v) is 4.31. The molecule has 24 heavy (non-hydrogen) atoms. The summed E-state index contributed by atoms with van der Waals surface area (Å²) in [5.74, 6) is -2.22. The topological polar surface area (TPSA) is 161 Å². The fourth-order valence-corrected chi connectivity index (χ4v) is 1.47. The number of rotatable bonds is 4. The fraction of sp³-hybridized carbons (Fsp3) is 0. The van der Waals surface area contributed by atoms with Crippen LogP contribution in [0.1, 0.15) is 11.4 Å². The first-order valence-electron chi connectivity index (χ1n) is 6.67. The van der Waals surface area contributed by atoms with Crippen molar-refractivity contribution in [2.75, 3.05) is 0 Å². The maximum atomic E-state index is 11.6. The summed E-state index contributed by atoms with van der Waals surface area (Å²) in [6.07, 6.45) is 3.03. The minimum atomic E-state index is -1.06. The number of carbonyl (C=O) groups is 2. The molecule has 0 unspecified atom stereocenters. The Morgan fingerprint density at radius 1 is 0.792 bits per heavy atom. The van der Waals surface area contributed by atoms with Gasteiger partial charge < -0.3 is 11.5 Å². The standard InChI is InChI=1S/C14H14N8O2/c15-11(9-5-1-3-7-17-9)19-21-13(23)14(24)22-20-12(16)10-6-2-4-8-18-10/h1-8H,(H2,15,19)(H2,16,20)(H,21,23)(H,22,24). The SMILES string of the molecule is N/C(=N\NC(=O)C(=O)N/N=C(\N)c1ccccn1)c1ccccn1. The van der Waals surface area contributed by atoms with Gasteiger partial charge in [-0.3, -0.25) is 19.6 Å². The molecule has 2 heterocycles. The van der Waals surface area contributed by atoms with E-state index in [0.29, 0.717) is 11.4 Å². The highest BCUT2D eigenvalue weighted by Crippen LogP contribution is 1.92. The second-order valence-electron chi connectivity index (χ2n) is 4.31. The molecule has 0 saturated heterocycles. The van der Waals surface area contributed by atoms with E-state index in [9.17, 15) is 9.59 Å². The summed E-state index contributed by atoms with van der Waals surface area (Å²) < 4.78 is 0. The number of nitrogens with zero attached hydrogens (tertiary/aromatic N) is 4. The highest BCUT2D eigenvalue weighted by Gasteiger charge is 2.13. The lowest BCUT2D eigenvalue weighted by atomic mass is 10.3. The Kier molecular flexibility index (Phi) is 5.50. The van der Waals surface area contributed by atoms with E-state index in [2.05, 4.69) is 20.2 Å². The van der Waals surface area contributed by atoms with E-state index in [1.54, 1.807) is 36.4 Å². The number of nitrogens with one attached hydrogen (secondary N) is 2. The van der Waals surface area contributed by atoms with Crippen molar-refractivity contribution in [2.24, 2.45) is 21.7 Å². The van der Waals surface area contributed by atoms with Crippen molar-refractivity contribution in [1.82, 2.24) is 20.8 Å². The van der Waals surface area contributed by atoms with Crippen molar-refractivity contribution < 1.29 is 9.59 Å². The molecular formula is C14H14N8O2. The van der Waals surface area contributed by atoms with Crippen LogP contribution in [-0.2, 0) is 9.59 Å². The van der Waals surface area contributed by atoms with Gasteiger partial charge in [0, 0.05) is 12.4 Å². The van der Waals surface area contributed by atoms with Crippen LogP contribution in [0.15, 0.2) is 59.0 Å². The highest BCUT2D eigenvalue weighted by atomic mass is 16.2. The number of carbonyl (C=O) groups excluding carboxylic acids is 2. The number of hydrazone groups is 2. The van der Waals surface area contributed by atoms with Crippen LogP contribution in [0.25, 0.3) is 0 Å². The minimum absolute atomic E-state index is 0.0479. The van der Waals surface area contributed by atoms with Crippen molar-refractivity contribution in [3.8, 4) is 0 Å². The lowest BCUT2D eigenvalue weighted by molar-refractivity contribution is -0.139. The van der Waals surface area contributed by atoms with Crippen molar-refractivity contribution in [3.05, 3.63) is 60.2 Å². The summed E-state index contributed by atoms with van der Waals surface area (Å²) in [5, 5.41) is 7.16. The summed E-state index contributed by atoms with van der Waals surface area (Å²) >= 11 is 0. The Labute approximate surface area is 136 Å². The number of pyridine rings is 2. The fourth-order valence-electron chi connectivity index (χ4n) is 1.47. The Morgan fingerprint density at radius 3 is 1.54 bits per heavy atom. The molecule has 0 aliphatic heterocycles. The number of amidine groups is 2. The maximum absolute atomic E-state index is 11.6. The summed E-state index contributed by atoms with van der Waals surface area (Å²) in [5.41, 5.74) is 15.9. The molecule has 0 spiro atoms. The van der Waals surface area contributed by atoms with Gasteiger partial charge >= 0.3 is 11.8 Å². The van der Waals surface area contributed by atoms with Gasteiger partial charge in [-0.25, -0.2) is 10.9 Å². The monoisotopic (exact) mass is 326 g/mol. The van der Waals surface area contributed by atoms with Crippen LogP contribution in [0.5, 0.6) is 0 Å². The quantitative estimate of drug-likeness (QED) is 0.235. The van der Waals surface area contributed by atoms with Crippen LogP contribution >= 0.6 is 0 Å². The molecule has 10 nitrogen and oxygen atoms in total. The predicted molar refractivity (Wildman–Crippen MR) is 86.2 cm³/mol. The Hall–Kier alpha value is -3.82. The van der Waals surface area contributed by atoms with Gasteiger partial charge in [-0.15, -0.1) is 0 Å². The Bertz CT molecular complexity index is 706. The molecule has 2 aromatic rings. The van der Waals surface area contributed by atoms with Gasteiger partial charge in [0.05, 0.1) is 0 Å². The average Bonchev–Trinajstić information content (AvgIpc) is 2.64. The maximum Gasteiger partial charge on any atom is 0.331 e. The van der Waals surface area contributed by atoms with E-state index < -0.39 is 11.8 Å². The van der Waals surface area contributed by atoms with E-state index >= 15 is 0 Å². The number of hydrogen-bond donors (Lipinski definition) is 4. The predicted octanol–water partition coefficient (Wildman–Crippen LogP) is -1.35. The normalized spacial score (nSPS) is 11.7. The van der Waals surface area contributed by atoms with Crippen molar-refractivity contribution in [1.29, 1.82) is 0 Å². The van der Waals surface area contributed by atoms with Gasteiger partial charge in [0.25, 0.3) is 0 Å². The molecule has 2 rings (SSSR count). The molecule has 0 bridgehead atoms. The second kappa shape index (κ2) is 7.98.